The Morgan fingerprint density at radius 3 is 2.77 bits per heavy atom. The fourth-order valence-corrected chi connectivity index (χ4v) is 3.73. The quantitative estimate of drug-likeness (QED) is 0.667. The van der Waals surface area contributed by atoms with Gasteiger partial charge in [0.25, 0.3) is 0 Å². The maximum Gasteiger partial charge on any atom is 0.241 e. The molecule has 164 valence electrons. The third-order valence-electron chi connectivity index (χ3n) is 5.54. The highest BCUT2D eigenvalue weighted by Crippen LogP contribution is 2.25. The molecule has 1 atom stereocenters. The van der Waals surface area contributed by atoms with E-state index in [4.69, 9.17) is 9.26 Å². The Balaban J connectivity index is 1.54. The Hall–Kier alpha value is -2.25. The topological polar surface area (TPSA) is 80.5 Å². The Bertz CT molecular complexity index is 811. The van der Waals surface area contributed by atoms with Gasteiger partial charge in [-0.2, -0.15) is 4.98 Å². The van der Waals surface area contributed by atoms with Gasteiger partial charge in [-0.05, 0) is 36.8 Å². The summed E-state index contributed by atoms with van der Waals surface area (Å²) in [6.45, 7) is 10.1. The van der Waals surface area contributed by atoms with Crippen molar-refractivity contribution in [3.63, 3.8) is 0 Å². The third kappa shape index (κ3) is 6.12. The number of rotatable bonds is 8. The zero-order chi connectivity index (χ0) is 21.6. The summed E-state index contributed by atoms with van der Waals surface area (Å²) in [6, 6.07) is 8.32. The van der Waals surface area contributed by atoms with Crippen LogP contribution in [0.4, 0.5) is 0 Å². The van der Waals surface area contributed by atoms with Crippen LogP contribution in [0.25, 0.3) is 11.4 Å². The first kappa shape index (κ1) is 22.4. The molecule has 2 aromatic rings. The maximum absolute atomic E-state index is 12.4. The fourth-order valence-electron chi connectivity index (χ4n) is 3.73. The van der Waals surface area contributed by atoms with Crippen LogP contribution in [0.5, 0.6) is 0 Å². The van der Waals surface area contributed by atoms with Gasteiger partial charge < -0.3 is 14.6 Å². The predicted molar refractivity (Wildman–Crippen MR) is 116 cm³/mol. The van der Waals surface area contributed by atoms with Crippen LogP contribution in [0.1, 0.15) is 51.5 Å². The molecular weight excluding hydrogens is 380 g/mol. The molecule has 2 heterocycles. The molecule has 3 rings (SSSR count). The molecule has 1 aromatic carbocycles. The highest BCUT2D eigenvalue weighted by molar-refractivity contribution is 5.78. The molecule has 0 bridgehead atoms. The number of likely N-dealkylation sites (tertiary alicyclic amines) is 1. The van der Waals surface area contributed by atoms with E-state index in [0.717, 1.165) is 31.4 Å². The average molecular weight is 415 g/mol. The van der Waals surface area contributed by atoms with E-state index in [2.05, 4.69) is 53.3 Å². The number of benzene rings is 1. The van der Waals surface area contributed by atoms with E-state index in [1.165, 1.54) is 5.56 Å². The van der Waals surface area contributed by atoms with Crippen LogP contribution in [-0.2, 0) is 21.5 Å². The van der Waals surface area contributed by atoms with Crippen LogP contribution in [0.15, 0.2) is 28.8 Å². The van der Waals surface area contributed by atoms with Crippen LogP contribution < -0.4 is 5.32 Å². The Morgan fingerprint density at radius 2 is 2.07 bits per heavy atom. The minimum absolute atomic E-state index is 0.00799. The zero-order valence-electron chi connectivity index (χ0n) is 18.6. The number of nitrogens with zero attached hydrogens (tertiary/aromatic N) is 3. The second-order valence-electron chi connectivity index (χ2n) is 9.05. The lowest BCUT2D eigenvalue weighted by atomic mass is 9.87. The number of carbonyl (C=O) groups excluding carboxylic acids is 1. The third-order valence-corrected chi connectivity index (χ3v) is 5.54. The van der Waals surface area contributed by atoms with Gasteiger partial charge in [-0.25, -0.2) is 0 Å². The molecule has 7 nitrogen and oxygen atoms in total. The van der Waals surface area contributed by atoms with Crippen LogP contribution in [0, 0.1) is 5.92 Å². The molecule has 0 saturated carbocycles. The normalized spacial score (nSPS) is 17.8. The lowest BCUT2D eigenvalue weighted by Gasteiger charge is -2.30. The van der Waals surface area contributed by atoms with Gasteiger partial charge in [0, 0.05) is 32.4 Å². The summed E-state index contributed by atoms with van der Waals surface area (Å²) in [5, 5.41) is 7.17. The molecule has 1 unspecified atom stereocenters. The highest BCUT2D eigenvalue weighted by Gasteiger charge is 2.26. The van der Waals surface area contributed by atoms with E-state index in [-0.39, 0.29) is 17.2 Å². The lowest BCUT2D eigenvalue weighted by Crippen LogP contribution is -2.43. The predicted octanol–water partition coefficient (Wildman–Crippen LogP) is 3.40. The van der Waals surface area contributed by atoms with Crippen LogP contribution in [0.2, 0.25) is 0 Å². The van der Waals surface area contributed by atoms with E-state index >= 15 is 0 Å². The van der Waals surface area contributed by atoms with Gasteiger partial charge in [0.1, 0.15) is 0 Å². The van der Waals surface area contributed by atoms with Crippen molar-refractivity contribution in [2.24, 2.45) is 5.92 Å². The van der Waals surface area contributed by atoms with Crippen molar-refractivity contribution in [1.82, 2.24) is 20.4 Å². The Kier molecular flexibility index (Phi) is 7.61. The van der Waals surface area contributed by atoms with Crippen LogP contribution in [-0.4, -0.2) is 54.3 Å². The highest BCUT2D eigenvalue weighted by atomic mass is 16.5. The number of piperidine rings is 1. The Morgan fingerprint density at radius 1 is 1.30 bits per heavy atom. The molecule has 30 heavy (non-hydrogen) atoms. The first-order valence-corrected chi connectivity index (χ1v) is 10.8. The molecule has 0 spiro atoms. The average Bonchev–Trinajstić information content (AvgIpc) is 3.19. The number of aromatic nitrogens is 2. The number of hydrogen-bond acceptors (Lipinski definition) is 6. The van der Waals surface area contributed by atoms with E-state index in [9.17, 15) is 4.79 Å². The van der Waals surface area contributed by atoms with Crippen LogP contribution >= 0.6 is 0 Å². The number of nitrogens with one attached hydrogen (secondary N) is 1. The summed E-state index contributed by atoms with van der Waals surface area (Å²) in [6.07, 6.45) is 2.74. The summed E-state index contributed by atoms with van der Waals surface area (Å²) in [7, 11) is 1.67. The second kappa shape index (κ2) is 10.2. The summed E-state index contributed by atoms with van der Waals surface area (Å²) in [4.78, 5) is 19.2. The number of amides is 1. The monoisotopic (exact) mass is 414 g/mol. The van der Waals surface area contributed by atoms with Crippen molar-refractivity contribution in [2.45, 2.75) is 52.0 Å². The summed E-state index contributed by atoms with van der Waals surface area (Å²) in [5.74, 6) is 1.33. The number of carbonyl (C=O) groups is 1. The van der Waals surface area contributed by atoms with Gasteiger partial charge in [0.15, 0.2) is 0 Å². The molecule has 1 aromatic heterocycles. The largest absolute Gasteiger partial charge is 0.385 e. The molecule has 1 aliphatic heterocycles. The van der Waals surface area contributed by atoms with Crippen molar-refractivity contribution < 1.29 is 14.1 Å². The number of hydrogen-bond donors (Lipinski definition) is 1. The van der Waals surface area contributed by atoms with Crippen molar-refractivity contribution >= 4 is 5.91 Å². The fraction of sp³-hybridized carbons (Fsp3) is 0.609. The minimum Gasteiger partial charge on any atom is -0.385 e. The van der Waals surface area contributed by atoms with Crippen molar-refractivity contribution in [2.75, 3.05) is 33.4 Å². The first-order valence-electron chi connectivity index (χ1n) is 10.8. The van der Waals surface area contributed by atoms with Gasteiger partial charge in [0.2, 0.25) is 17.6 Å². The van der Waals surface area contributed by atoms with E-state index in [1.54, 1.807) is 7.11 Å². The second-order valence-corrected chi connectivity index (χ2v) is 9.05. The first-order chi connectivity index (χ1) is 14.4. The lowest BCUT2D eigenvalue weighted by molar-refractivity contribution is -0.126. The Labute approximate surface area is 179 Å². The van der Waals surface area contributed by atoms with Crippen molar-refractivity contribution in [3.8, 4) is 11.4 Å². The minimum atomic E-state index is 0.00799. The summed E-state index contributed by atoms with van der Waals surface area (Å²) >= 11 is 0. The van der Waals surface area contributed by atoms with Crippen LogP contribution in [0.3, 0.4) is 0 Å². The standard InChI is InChI=1S/C23H34N4O3/c1-23(2,3)19-10-8-17(9-11-19)21-25-20(30-26-21)16-27-13-5-7-18(15-27)22(28)24-12-6-14-29-4/h8-11,18H,5-7,12-16H2,1-4H3,(H,24,28). The molecule has 1 fully saturated rings. The molecular formula is C23H34N4O3. The molecule has 0 radical (unpaired) electrons. The molecule has 0 aliphatic carbocycles. The van der Waals surface area contributed by atoms with Gasteiger partial charge in [-0.15, -0.1) is 0 Å². The van der Waals surface area contributed by atoms with E-state index in [0.29, 0.717) is 38.0 Å². The van der Waals surface area contributed by atoms with E-state index in [1.807, 2.05) is 12.1 Å². The smallest absolute Gasteiger partial charge is 0.241 e. The molecule has 1 N–H and O–H groups in total. The molecule has 1 aliphatic rings. The molecule has 1 saturated heterocycles. The number of methoxy groups -OCH3 is 1. The zero-order valence-corrected chi connectivity index (χ0v) is 18.6. The molecule has 1 amide bonds. The van der Waals surface area contributed by atoms with Gasteiger partial charge in [-0.3, -0.25) is 9.69 Å². The number of ether oxygens (including phenoxy) is 1. The molecule has 7 heteroatoms. The van der Waals surface area contributed by atoms with Gasteiger partial charge >= 0.3 is 0 Å². The van der Waals surface area contributed by atoms with Gasteiger partial charge in [-0.1, -0.05) is 50.2 Å². The van der Waals surface area contributed by atoms with Crippen molar-refractivity contribution in [1.29, 1.82) is 0 Å². The van der Waals surface area contributed by atoms with Gasteiger partial charge in [0.05, 0.1) is 12.5 Å². The van der Waals surface area contributed by atoms with E-state index < -0.39 is 0 Å². The summed E-state index contributed by atoms with van der Waals surface area (Å²) < 4.78 is 10.5. The SMILES string of the molecule is COCCCNC(=O)C1CCCN(Cc2nc(-c3ccc(C(C)(C)C)cc3)no2)C1. The summed E-state index contributed by atoms with van der Waals surface area (Å²) in [5.41, 5.74) is 2.33. The maximum atomic E-state index is 12.4. The van der Waals surface area contributed by atoms with Crippen molar-refractivity contribution in [3.05, 3.63) is 35.7 Å².